The number of aromatic hydroxyl groups is 1. The minimum Gasteiger partial charge on any atom is -0.508 e. The van der Waals surface area contributed by atoms with Crippen LogP contribution in [0.1, 0.15) is 24.8 Å². The van der Waals surface area contributed by atoms with Gasteiger partial charge in [0.15, 0.2) is 17.8 Å². The molecule has 6 heteroatoms. The summed E-state index contributed by atoms with van der Waals surface area (Å²) in [6, 6.07) is 16.8. The van der Waals surface area contributed by atoms with E-state index in [1.54, 1.807) is 19.2 Å². The first-order valence-electron chi connectivity index (χ1n) is 10.6. The molecule has 0 spiro atoms. The molecule has 3 aromatic rings. The van der Waals surface area contributed by atoms with E-state index in [9.17, 15) is 5.11 Å². The SMILES string of the molecule is COc1cc(COC2CCCCO2)ccc1OCCOc1ccc2cc(O)ccc2c1. The fourth-order valence-corrected chi connectivity index (χ4v) is 3.56. The zero-order valence-corrected chi connectivity index (χ0v) is 17.7. The summed E-state index contributed by atoms with van der Waals surface area (Å²) in [4.78, 5) is 0. The molecule has 6 nitrogen and oxygen atoms in total. The first kappa shape index (κ1) is 21.3. The minimum absolute atomic E-state index is 0.117. The Morgan fingerprint density at radius 2 is 1.74 bits per heavy atom. The third-order valence-corrected chi connectivity index (χ3v) is 5.21. The molecule has 1 atom stereocenters. The summed E-state index contributed by atoms with van der Waals surface area (Å²) in [5.41, 5.74) is 1.01. The van der Waals surface area contributed by atoms with Crippen molar-refractivity contribution in [2.24, 2.45) is 0 Å². The molecule has 0 amide bonds. The van der Waals surface area contributed by atoms with Crippen molar-refractivity contribution in [2.45, 2.75) is 32.2 Å². The molecule has 0 saturated carbocycles. The minimum atomic E-state index is -0.117. The summed E-state index contributed by atoms with van der Waals surface area (Å²) in [5, 5.41) is 11.5. The zero-order chi connectivity index (χ0) is 21.5. The molecule has 0 bridgehead atoms. The fourth-order valence-electron chi connectivity index (χ4n) is 3.56. The number of rotatable bonds is 9. The van der Waals surface area contributed by atoms with Gasteiger partial charge in [0.1, 0.15) is 24.7 Å². The predicted molar refractivity (Wildman–Crippen MR) is 118 cm³/mol. The van der Waals surface area contributed by atoms with Gasteiger partial charge in [0.05, 0.1) is 13.7 Å². The molecule has 1 N–H and O–H groups in total. The Labute approximate surface area is 182 Å². The summed E-state index contributed by atoms with van der Waals surface area (Å²) in [6.07, 6.45) is 3.08. The van der Waals surface area contributed by atoms with Crippen molar-refractivity contribution in [3.05, 3.63) is 60.2 Å². The number of methoxy groups -OCH3 is 1. The normalized spacial score (nSPS) is 16.2. The van der Waals surface area contributed by atoms with Gasteiger partial charge in [-0.3, -0.25) is 0 Å². The Balaban J connectivity index is 1.27. The average Bonchev–Trinajstić information content (AvgIpc) is 2.81. The van der Waals surface area contributed by atoms with E-state index < -0.39 is 0 Å². The number of benzene rings is 3. The topological polar surface area (TPSA) is 66.4 Å². The van der Waals surface area contributed by atoms with Crippen LogP contribution < -0.4 is 14.2 Å². The number of ether oxygens (including phenoxy) is 5. The largest absolute Gasteiger partial charge is 0.508 e. The van der Waals surface area contributed by atoms with E-state index in [1.807, 2.05) is 42.5 Å². The van der Waals surface area contributed by atoms with Crippen molar-refractivity contribution >= 4 is 10.8 Å². The summed E-state index contributed by atoms with van der Waals surface area (Å²) in [5.74, 6) is 2.34. The highest BCUT2D eigenvalue weighted by molar-refractivity contribution is 5.85. The lowest BCUT2D eigenvalue weighted by atomic mass is 10.1. The second kappa shape index (κ2) is 10.4. The molecular formula is C25H28O6. The van der Waals surface area contributed by atoms with Gasteiger partial charge in [-0.2, -0.15) is 0 Å². The van der Waals surface area contributed by atoms with Crippen molar-refractivity contribution in [3.8, 4) is 23.0 Å². The Morgan fingerprint density at radius 3 is 2.58 bits per heavy atom. The van der Waals surface area contributed by atoms with Gasteiger partial charge in [0.25, 0.3) is 0 Å². The Hall–Kier alpha value is -2.96. The van der Waals surface area contributed by atoms with Gasteiger partial charge >= 0.3 is 0 Å². The van der Waals surface area contributed by atoms with Gasteiger partial charge in [0.2, 0.25) is 0 Å². The van der Waals surface area contributed by atoms with Crippen LogP contribution in [0.4, 0.5) is 0 Å². The highest BCUT2D eigenvalue weighted by Gasteiger charge is 2.14. The molecule has 1 unspecified atom stereocenters. The van der Waals surface area contributed by atoms with Gasteiger partial charge in [-0.05, 0) is 72.0 Å². The number of phenols is 1. The molecular weight excluding hydrogens is 396 g/mol. The third kappa shape index (κ3) is 5.81. The van der Waals surface area contributed by atoms with Gasteiger partial charge < -0.3 is 28.8 Å². The van der Waals surface area contributed by atoms with Crippen molar-refractivity contribution in [1.29, 1.82) is 0 Å². The predicted octanol–water partition coefficient (Wildman–Crippen LogP) is 5.06. The van der Waals surface area contributed by atoms with Crippen LogP contribution in [0, 0.1) is 0 Å². The van der Waals surface area contributed by atoms with E-state index in [0.717, 1.165) is 48.0 Å². The Bertz CT molecular complexity index is 996. The van der Waals surface area contributed by atoms with Gasteiger partial charge in [-0.1, -0.05) is 18.2 Å². The maximum atomic E-state index is 9.56. The van der Waals surface area contributed by atoms with Crippen molar-refractivity contribution in [3.63, 3.8) is 0 Å². The van der Waals surface area contributed by atoms with Crippen molar-refractivity contribution < 1.29 is 28.8 Å². The van der Waals surface area contributed by atoms with E-state index in [-0.39, 0.29) is 12.0 Å². The number of fused-ring (bicyclic) bond motifs is 1. The molecule has 1 saturated heterocycles. The molecule has 1 aliphatic rings. The Morgan fingerprint density at radius 1 is 0.903 bits per heavy atom. The molecule has 164 valence electrons. The van der Waals surface area contributed by atoms with Crippen molar-refractivity contribution in [2.75, 3.05) is 26.9 Å². The highest BCUT2D eigenvalue weighted by Crippen LogP contribution is 2.29. The second-order valence-electron chi connectivity index (χ2n) is 7.48. The Kier molecular flexibility index (Phi) is 7.12. The summed E-state index contributed by atoms with van der Waals surface area (Å²) in [7, 11) is 1.63. The zero-order valence-electron chi connectivity index (χ0n) is 17.7. The molecule has 31 heavy (non-hydrogen) atoms. The van der Waals surface area contributed by atoms with Crippen LogP contribution in [0.5, 0.6) is 23.0 Å². The van der Waals surface area contributed by atoms with Crippen LogP contribution >= 0.6 is 0 Å². The number of hydrogen-bond acceptors (Lipinski definition) is 6. The fraction of sp³-hybridized carbons (Fsp3) is 0.360. The average molecular weight is 424 g/mol. The lowest BCUT2D eigenvalue weighted by Gasteiger charge is -2.22. The summed E-state index contributed by atoms with van der Waals surface area (Å²) in [6.45, 7) is 2.03. The quantitative estimate of drug-likeness (QED) is 0.485. The number of phenolic OH excluding ortho intramolecular Hbond substituents is 1. The van der Waals surface area contributed by atoms with Gasteiger partial charge in [0, 0.05) is 6.61 Å². The van der Waals surface area contributed by atoms with Crippen LogP contribution in [0.3, 0.4) is 0 Å². The van der Waals surface area contributed by atoms with Crippen LogP contribution in [-0.4, -0.2) is 38.3 Å². The van der Waals surface area contributed by atoms with Crippen LogP contribution in [0.25, 0.3) is 10.8 Å². The molecule has 1 aliphatic heterocycles. The first-order chi connectivity index (χ1) is 15.2. The van der Waals surface area contributed by atoms with E-state index in [2.05, 4.69) is 0 Å². The standard InChI is InChI=1S/C25H28O6/c1-27-24-14-18(17-31-25-4-2-3-11-30-25)5-10-23(24)29-13-12-28-22-9-7-19-15-21(26)8-6-20(19)16-22/h5-10,14-16,25-26H,2-4,11-13,17H2,1H3. The molecule has 0 aliphatic carbocycles. The van der Waals surface area contributed by atoms with Crippen molar-refractivity contribution in [1.82, 2.24) is 0 Å². The van der Waals surface area contributed by atoms with Crippen LogP contribution in [-0.2, 0) is 16.1 Å². The highest BCUT2D eigenvalue weighted by atomic mass is 16.7. The first-order valence-corrected chi connectivity index (χ1v) is 10.6. The number of hydrogen-bond donors (Lipinski definition) is 1. The molecule has 1 heterocycles. The molecule has 1 fully saturated rings. The molecule has 0 radical (unpaired) electrons. The second-order valence-corrected chi connectivity index (χ2v) is 7.48. The van der Waals surface area contributed by atoms with E-state index >= 15 is 0 Å². The lowest BCUT2D eigenvalue weighted by molar-refractivity contribution is -0.168. The smallest absolute Gasteiger partial charge is 0.161 e. The van der Waals surface area contributed by atoms with E-state index in [0.29, 0.717) is 31.3 Å². The molecule has 3 aromatic carbocycles. The van der Waals surface area contributed by atoms with E-state index in [4.69, 9.17) is 23.7 Å². The monoisotopic (exact) mass is 424 g/mol. The summed E-state index contributed by atoms with van der Waals surface area (Å²) < 4.78 is 28.6. The molecule has 4 rings (SSSR count). The van der Waals surface area contributed by atoms with Crippen LogP contribution in [0.2, 0.25) is 0 Å². The molecule has 0 aromatic heterocycles. The maximum Gasteiger partial charge on any atom is 0.161 e. The third-order valence-electron chi connectivity index (χ3n) is 5.21. The summed E-state index contributed by atoms with van der Waals surface area (Å²) >= 11 is 0. The lowest BCUT2D eigenvalue weighted by Crippen LogP contribution is -2.22. The maximum absolute atomic E-state index is 9.56. The van der Waals surface area contributed by atoms with Gasteiger partial charge in [-0.15, -0.1) is 0 Å². The van der Waals surface area contributed by atoms with Crippen LogP contribution in [0.15, 0.2) is 54.6 Å². The van der Waals surface area contributed by atoms with E-state index in [1.165, 1.54) is 0 Å². The van der Waals surface area contributed by atoms with Gasteiger partial charge in [-0.25, -0.2) is 0 Å².